The van der Waals surface area contributed by atoms with Crippen LogP contribution < -0.4 is 10.0 Å². The van der Waals surface area contributed by atoms with Crippen LogP contribution in [0.15, 0.2) is 0 Å². The third-order valence-corrected chi connectivity index (χ3v) is 3.90. The van der Waals surface area contributed by atoms with Crippen molar-refractivity contribution in [2.24, 2.45) is 0 Å². The number of hydrogen-bond donors (Lipinski definition) is 2. The van der Waals surface area contributed by atoms with Gasteiger partial charge < -0.3 is 5.32 Å². The smallest absolute Gasteiger partial charge is 0.320 e. The van der Waals surface area contributed by atoms with E-state index in [0.717, 1.165) is 4.31 Å². The summed E-state index contributed by atoms with van der Waals surface area (Å²) >= 11 is 0. The fourth-order valence-corrected chi connectivity index (χ4v) is 2.47. The predicted molar refractivity (Wildman–Crippen MR) is 63.4 cm³/mol. The van der Waals surface area contributed by atoms with Crippen LogP contribution in [0, 0.1) is 0 Å². The van der Waals surface area contributed by atoms with Gasteiger partial charge in [0.15, 0.2) is 0 Å². The van der Waals surface area contributed by atoms with E-state index in [1.165, 1.54) is 14.0 Å². The summed E-state index contributed by atoms with van der Waals surface area (Å²) in [5.74, 6) is 0. The Hall–Kier alpha value is -0.380. The second kappa shape index (κ2) is 7.27. The Morgan fingerprint density at radius 1 is 1.33 bits per heavy atom. The molecule has 0 saturated carbocycles. The summed E-state index contributed by atoms with van der Waals surface area (Å²) in [4.78, 5) is 0. The summed E-state index contributed by atoms with van der Waals surface area (Å²) in [5.41, 5.74) is 0. The molecule has 0 aliphatic heterocycles. The van der Waals surface area contributed by atoms with Crippen LogP contribution in [0.1, 0.15) is 19.8 Å². The van der Waals surface area contributed by atoms with E-state index in [0.29, 0.717) is 13.0 Å². The van der Waals surface area contributed by atoms with Crippen molar-refractivity contribution in [2.45, 2.75) is 32.0 Å². The SMILES string of the molecule is CNCCCN(C)S(=O)(=O)NC(C)CC(F)(F)F. The molecule has 18 heavy (non-hydrogen) atoms. The molecule has 5 nitrogen and oxygen atoms in total. The molecule has 0 aromatic rings. The molecule has 0 bridgehead atoms. The van der Waals surface area contributed by atoms with E-state index >= 15 is 0 Å². The first-order valence-corrected chi connectivity index (χ1v) is 6.97. The number of alkyl halides is 3. The number of rotatable bonds is 8. The maximum Gasteiger partial charge on any atom is 0.390 e. The Bertz CT molecular complexity index is 332. The number of hydrogen-bond acceptors (Lipinski definition) is 3. The average molecular weight is 291 g/mol. The second-order valence-corrected chi connectivity index (χ2v) is 5.93. The highest BCUT2D eigenvalue weighted by Crippen LogP contribution is 2.21. The van der Waals surface area contributed by atoms with Crippen LogP contribution in [0.2, 0.25) is 0 Å². The summed E-state index contributed by atoms with van der Waals surface area (Å²) in [6.45, 7) is 2.07. The first-order valence-electron chi connectivity index (χ1n) is 5.53. The molecule has 1 unspecified atom stereocenters. The molecule has 9 heteroatoms. The summed E-state index contributed by atoms with van der Waals surface area (Å²) in [6, 6.07) is -1.18. The molecule has 0 radical (unpaired) electrons. The molecule has 0 aromatic heterocycles. The maximum absolute atomic E-state index is 12.1. The normalized spacial score (nSPS) is 15.1. The Kier molecular flexibility index (Phi) is 7.11. The Morgan fingerprint density at radius 2 is 1.89 bits per heavy atom. The van der Waals surface area contributed by atoms with Crippen LogP contribution in [0.5, 0.6) is 0 Å². The minimum absolute atomic E-state index is 0.245. The molecule has 0 fully saturated rings. The molecule has 0 saturated heterocycles. The fraction of sp³-hybridized carbons (Fsp3) is 1.00. The van der Waals surface area contributed by atoms with Crippen LogP contribution in [0.25, 0.3) is 0 Å². The van der Waals surface area contributed by atoms with Crippen molar-refractivity contribution in [3.05, 3.63) is 0 Å². The zero-order chi connectivity index (χ0) is 14.4. The van der Waals surface area contributed by atoms with Gasteiger partial charge in [-0.05, 0) is 26.9 Å². The molecule has 1 atom stereocenters. The summed E-state index contributed by atoms with van der Waals surface area (Å²) in [7, 11) is -0.791. The van der Waals surface area contributed by atoms with Gasteiger partial charge in [0, 0.05) is 19.6 Å². The quantitative estimate of drug-likeness (QED) is 0.647. The molecule has 0 rings (SSSR count). The van der Waals surface area contributed by atoms with Crippen molar-refractivity contribution >= 4 is 10.2 Å². The molecule has 110 valence electrons. The maximum atomic E-state index is 12.1. The molecular weight excluding hydrogens is 271 g/mol. The van der Waals surface area contributed by atoms with Gasteiger partial charge in [-0.3, -0.25) is 0 Å². The molecule has 0 aliphatic carbocycles. The van der Waals surface area contributed by atoms with Crippen molar-refractivity contribution in [1.82, 2.24) is 14.3 Å². The monoisotopic (exact) mass is 291 g/mol. The molecule has 0 aromatic carbocycles. The highest BCUT2D eigenvalue weighted by Gasteiger charge is 2.32. The van der Waals surface area contributed by atoms with E-state index in [-0.39, 0.29) is 6.54 Å². The minimum Gasteiger partial charge on any atom is -0.320 e. The second-order valence-electron chi connectivity index (χ2n) is 4.12. The van der Waals surface area contributed by atoms with Crippen LogP contribution in [-0.4, -0.2) is 52.1 Å². The van der Waals surface area contributed by atoms with Crippen LogP contribution >= 0.6 is 0 Å². The molecule has 0 spiro atoms. The average Bonchev–Trinajstić information content (AvgIpc) is 2.13. The molecular formula is C9H20F3N3O2S. The van der Waals surface area contributed by atoms with Gasteiger partial charge in [0.1, 0.15) is 0 Å². The van der Waals surface area contributed by atoms with Gasteiger partial charge in [-0.1, -0.05) is 0 Å². The van der Waals surface area contributed by atoms with Gasteiger partial charge in [0.25, 0.3) is 10.2 Å². The fourth-order valence-electron chi connectivity index (χ4n) is 1.33. The summed E-state index contributed by atoms with van der Waals surface area (Å²) in [6.07, 6.45) is -4.98. The topological polar surface area (TPSA) is 61.4 Å². The van der Waals surface area contributed by atoms with Gasteiger partial charge in [0.2, 0.25) is 0 Å². The predicted octanol–water partition coefficient (Wildman–Crippen LogP) is 0.703. The summed E-state index contributed by atoms with van der Waals surface area (Å²) in [5, 5.41) is 2.86. The minimum atomic E-state index is -4.38. The van der Waals surface area contributed by atoms with E-state index in [2.05, 4.69) is 5.32 Å². The van der Waals surface area contributed by atoms with Crippen molar-refractivity contribution in [3.63, 3.8) is 0 Å². The van der Waals surface area contributed by atoms with E-state index in [1.807, 2.05) is 4.72 Å². The van der Waals surface area contributed by atoms with Gasteiger partial charge in [-0.15, -0.1) is 0 Å². The van der Waals surface area contributed by atoms with Gasteiger partial charge in [-0.2, -0.15) is 30.6 Å². The van der Waals surface area contributed by atoms with Crippen molar-refractivity contribution in [2.75, 3.05) is 27.2 Å². The van der Waals surface area contributed by atoms with Crippen LogP contribution in [0.3, 0.4) is 0 Å². The number of nitrogens with zero attached hydrogens (tertiary/aromatic N) is 1. The summed E-state index contributed by atoms with van der Waals surface area (Å²) < 4.78 is 62.5. The highest BCUT2D eigenvalue weighted by atomic mass is 32.2. The van der Waals surface area contributed by atoms with E-state index in [9.17, 15) is 21.6 Å². The third kappa shape index (κ3) is 7.85. The largest absolute Gasteiger partial charge is 0.390 e. The zero-order valence-electron chi connectivity index (χ0n) is 10.7. The molecule has 2 N–H and O–H groups in total. The van der Waals surface area contributed by atoms with E-state index < -0.39 is 28.8 Å². The zero-order valence-corrected chi connectivity index (χ0v) is 11.5. The number of halogens is 3. The molecule has 0 heterocycles. The van der Waals surface area contributed by atoms with Gasteiger partial charge >= 0.3 is 6.18 Å². The van der Waals surface area contributed by atoms with E-state index in [1.54, 1.807) is 7.05 Å². The third-order valence-electron chi connectivity index (χ3n) is 2.20. The van der Waals surface area contributed by atoms with E-state index in [4.69, 9.17) is 0 Å². The van der Waals surface area contributed by atoms with Crippen molar-refractivity contribution < 1.29 is 21.6 Å². The lowest BCUT2D eigenvalue weighted by Crippen LogP contribution is -2.44. The van der Waals surface area contributed by atoms with Crippen LogP contribution in [0.4, 0.5) is 13.2 Å². The number of nitrogens with one attached hydrogen (secondary N) is 2. The van der Waals surface area contributed by atoms with Crippen molar-refractivity contribution in [1.29, 1.82) is 0 Å². The Labute approximate surface area is 106 Å². The standard InChI is InChI=1S/C9H20F3N3O2S/c1-8(7-9(10,11)12)14-18(16,17)15(3)6-4-5-13-2/h8,13-14H,4-7H2,1-3H3. The van der Waals surface area contributed by atoms with Crippen LogP contribution in [-0.2, 0) is 10.2 Å². The lowest BCUT2D eigenvalue weighted by Gasteiger charge is -2.21. The first-order chi connectivity index (χ1) is 8.08. The lowest BCUT2D eigenvalue weighted by atomic mass is 10.2. The van der Waals surface area contributed by atoms with Gasteiger partial charge in [0.05, 0.1) is 6.42 Å². The lowest BCUT2D eigenvalue weighted by molar-refractivity contribution is -0.137. The van der Waals surface area contributed by atoms with Gasteiger partial charge in [-0.25, -0.2) is 0 Å². The van der Waals surface area contributed by atoms with Crippen molar-refractivity contribution in [3.8, 4) is 0 Å². The Balaban J connectivity index is 4.29. The Morgan fingerprint density at radius 3 is 2.33 bits per heavy atom. The highest BCUT2D eigenvalue weighted by molar-refractivity contribution is 7.87. The molecule has 0 aliphatic rings. The first kappa shape index (κ1) is 17.6. The molecule has 0 amide bonds.